The lowest BCUT2D eigenvalue weighted by atomic mass is 10.1. The second-order valence-corrected chi connectivity index (χ2v) is 5.68. The van der Waals surface area contributed by atoms with Gasteiger partial charge in [-0.3, -0.25) is 0 Å². The van der Waals surface area contributed by atoms with Gasteiger partial charge in [-0.1, -0.05) is 25.1 Å². The standard InChI is InChI=1S/C16H18N2OS/c1-3-13-6-4-5-7-14(13)19-11-9-16-18-12(2)15(20-16)8-10-17/h4-7H,3,8-9,11H2,1-2H3. The van der Waals surface area contributed by atoms with E-state index in [-0.39, 0.29) is 0 Å². The number of nitriles is 1. The Kier molecular flexibility index (Phi) is 5.14. The molecule has 0 aliphatic rings. The van der Waals surface area contributed by atoms with E-state index in [2.05, 4.69) is 24.0 Å². The number of hydrogen-bond donors (Lipinski definition) is 0. The zero-order chi connectivity index (χ0) is 14.4. The van der Waals surface area contributed by atoms with Crippen LogP contribution in [0.1, 0.15) is 28.1 Å². The van der Waals surface area contributed by atoms with Crippen LogP contribution in [-0.4, -0.2) is 11.6 Å². The molecule has 0 radical (unpaired) electrons. The smallest absolute Gasteiger partial charge is 0.122 e. The van der Waals surface area contributed by atoms with Gasteiger partial charge in [0.1, 0.15) is 5.75 Å². The average molecular weight is 286 g/mol. The zero-order valence-electron chi connectivity index (χ0n) is 11.8. The van der Waals surface area contributed by atoms with Crippen molar-refractivity contribution in [1.29, 1.82) is 5.26 Å². The highest BCUT2D eigenvalue weighted by molar-refractivity contribution is 7.11. The van der Waals surface area contributed by atoms with E-state index in [1.165, 1.54) is 5.56 Å². The van der Waals surface area contributed by atoms with Crippen LogP contribution in [0.2, 0.25) is 0 Å². The van der Waals surface area contributed by atoms with Gasteiger partial charge >= 0.3 is 0 Å². The third kappa shape index (κ3) is 3.58. The van der Waals surface area contributed by atoms with Gasteiger partial charge in [-0.15, -0.1) is 11.3 Å². The van der Waals surface area contributed by atoms with Crippen LogP contribution in [0.5, 0.6) is 5.75 Å². The van der Waals surface area contributed by atoms with Gasteiger partial charge in [0.25, 0.3) is 0 Å². The van der Waals surface area contributed by atoms with Crippen LogP contribution in [0.25, 0.3) is 0 Å². The van der Waals surface area contributed by atoms with Gasteiger partial charge in [0.15, 0.2) is 0 Å². The van der Waals surface area contributed by atoms with E-state index in [9.17, 15) is 0 Å². The molecule has 4 heteroatoms. The molecule has 0 bridgehead atoms. The monoisotopic (exact) mass is 286 g/mol. The van der Waals surface area contributed by atoms with Gasteiger partial charge in [0.05, 0.1) is 29.8 Å². The fourth-order valence-electron chi connectivity index (χ4n) is 2.02. The van der Waals surface area contributed by atoms with E-state index in [1.807, 2.05) is 25.1 Å². The maximum Gasteiger partial charge on any atom is 0.122 e. The molecule has 20 heavy (non-hydrogen) atoms. The van der Waals surface area contributed by atoms with Crippen LogP contribution < -0.4 is 4.74 Å². The van der Waals surface area contributed by atoms with Crippen molar-refractivity contribution in [3.63, 3.8) is 0 Å². The molecular weight excluding hydrogens is 268 g/mol. The molecule has 1 aromatic heterocycles. The summed E-state index contributed by atoms with van der Waals surface area (Å²) in [5, 5.41) is 9.78. The summed E-state index contributed by atoms with van der Waals surface area (Å²) in [5.41, 5.74) is 2.20. The van der Waals surface area contributed by atoms with Crippen molar-refractivity contribution in [2.24, 2.45) is 0 Å². The van der Waals surface area contributed by atoms with Crippen molar-refractivity contribution in [3.05, 3.63) is 45.4 Å². The Balaban J connectivity index is 1.93. The van der Waals surface area contributed by atoms with Crippen LogP contribution >= 0.6 is 11.3 Å². The van der Waals surface area contributed by atoms with Gasteiger partial charge in [0, 0.05) is 11.3 Å². The molecular formula is C16H18N2OS. The summed E-state index contributed by atoms with van der Waals surface area (Å²) in [5.74, 6) is 0.959. The van der Waals surface area contributed by atoms with Gasteiger partial charge in [-0.05, 0) is 25.0 Å². The minimum absolute atomic E-state index is 0.447. The molecule has 1 aromatic carbocycles. The highest BCUT2D eigenvalue weighted by Gasteiger charge is 2.08. The quantitative estimate of drug-likeness (QED) is 0.813. The minimum Gasteiger partial charge on any atom is -0.493 e. The summed E-state index contributed by atoms with van der Waals surface area (Å²) in [6, 6.07) is 10.3. The molecule has 0 unspecified atom stereocenters. The second kappa shape index (κ2) is 7.06. The average Bonchev–Trinajstić information content (AvgIpc) is 2.80. The second-order valence-electron chi connectivity index (χ2n) is 4.51. The number of benzene rings is 1. The van der Waals surface area contributed by atoms with Crippen molar-refractivity contribution in [2.75, 3.05) is 6.61 Å². The summed E-state index contributed by atoms with van der Waals surface area (Å²) in [6.07, 6.45) is 2.21. The summed E-state index contributed by atoms with van der Waals surface area (Å²) >= 11 is 1.62. The molecule has 0 aliphatic heterocycles. The lowest BCUT2D eigenvalue weighted by Gasteiger charge is -2.09. The number of hydrogen-bond acceptors (Lipinski definition) is 4. The Morgan fingerprint density at radius 3 is 2.90 bits per heavy atom. The Labute approximate surface area is 123 Å². The van der Waals surface area contributed by atoms with Crippen LogP contribution in [-0.2, 0) is 19.3 Å². The Morgan fingerprint density at radius 2 is 2.15 bits per heavy atom. The van der Waals surface area contributed by atoms with Gasteiger partial charge in [-0.25, -0.2) is 4.98 Å². The van der Waals surface area contributed by atoms with Crippen LogP contribution in [0.3, 0.4) is 0 Å². The number of aryl methyl sites for hydroxylation is 2. The summed E-state index contributed by atoms with van der Waals surface area (Å²) in [7, 11) is 0. The van der Waals surface area contributed by atoms with Crippen molar-refractivity contribution in [2.45, 2.75) is 33.1 Å². The van der Waals surface area contributed by atoms with Crippen LogP contribution in [0.4, 0.5) is 0 Å². The predicted octanol–water partition coefficient (Wildman–Crippen LogP) is 3.70. The van der Waals surface area contributed by atoms with Crippen molar-refractivity contribution < 1.29 is 4.74 Å². The molecule has 0 saturated carbocycles. The highest BCUT2D eigenvalue weighted by Crippen LogP contribution is 2.21. The first-order valence-corrected chi connectivity index (χ1v) is 7.59. The molecule has 0 saturated heterocycles. The van der Waals surface area contributed by atoms with Crippen LogP contribution in [0, 0.1) is 18.3 Å². The van der Waals surface area contributed by atoms with E-state index in [0.29, 0.717) is 13.0 Å². The van der Waals surface area contributed by atoms with Gasteiger partial charge < -0.3 is 4.74 Å². The molecule has 0 aliphatic carbocycles. The molecule has 0 fully saturated rings. The van der Waals surface area contributed by atoms with Crippen molar-refractivity contribution in [3.8, 4) is 11.8 Å². The Hall–Kier alpha value is -1.86. The Morgan fingerprint density at radius 1 is 1.35 bits per heavy atom. The number of rotatable bonds is 6. The van der Waals surface area contributed by atoms with Crippen LogP contribution in [0.15, 0.2) is 24.3 Å². The predicted molar refractivity (Wildman–Crippen MR) is 81.2 cm³/mol. The first kappa shape index (κ1) is 14.5. The third-order valence-corrected chi connectivity index (χ3v) is 4.32. The largest absolute Gasteiger partial charge is 0.493 e. The molecule has 0 spiro atoms. The molecule has 104 valence electrons. The van der Waals surface area contributed by atoms with Crippen molar-refractivity contribution in [1.82, 2.24) is 4.98 Å². The number of aromatic nitrogens is 1. The first-order chi connectivity index (χ1) is 9.74. The molecule has 0 amide bonds. The molecule has 0 atom stereocenters. The number of para-hydroxylation sites is 1. The SMILES string of the molecule is CCc1ccccc1OCCc1nc(C)c(CC#N)s1. The van der Waals surface area contributed by atoms with E-state index in [0.717, 1.165) is 34.2 Å². The van der Waals surface area contributed by atoms with Crippen molar-refractivity contribution >= 4 is 11.3 Å². The highest BCUT2D eigenvalue weighted by atomic mass is 32.1. The maximum absolute atomic E-state index is 8.74. The fourth-order valence-corrected chi connectivity index (χ4v) is 3.00. The van der Waals surface area contributed by atoms with Gasteiger partial charge in [0.2, 0.25) is 0 Å². The molecule has 1 heterocycles. The maximum atomic E-state index is 8.74. The number of nitrogens with zero attached hydrogens (tertiary/aromatic N) is 2. The zero-order valence-corrected chi connectivity index (χ0v) is 12.7. The van der Waals surface area contributed by atoms with Gasteiger partial charge in [-0.2, -0.15) is 5.26 Å². The van der Waals surface area contributed by atoms with E-state index < -0.39 is 0 Å². The first-order valence-electron chi connectivity index (χ1n) is 6.77. The minimum atomic E-state index is 0.447. The molecule has 2 rings (SSSR count). The number of thiazole rings is 1. The summed E-state index contributed by atoms with van der Waals surface area (Å²) in [4.78, 5) is 5.56. The number of ether oxygens (including phenoxy) is 1. The normalized spacial score (nSPS) is 10.2. The lowest BCUT2D eigenvalue weighted by Crippen LogP contribution is -2.02. The van der Waals surface area contributed by atoms with E-state index >= 15 is 0 Å². The molecule has 2 aromatic rings. The summed E-state index contributed by atoms with van der Waals surface area (Å²) in [6.45, 7) is 4.70. The van der Waals surface area contributed by atoms with E-state index in [4.69, 9.17) is 10.00 Å². The Bertz CT molecular complexity index is 613. The summed E-state index contributed by atoms with van der Waals surface area (Å²) < 4.78 is 5.84. The molecule has 3 nitrogen and oxygen atoms in total. The fraction of sp³-hybridized carbons (Fsp3) is 0.375. The topological polar surface area (TPSA) is 45.9 Å². The third-order valence-electron chi connectivity index (χ3n) is 3.10. The van der Waals surface area contributed by atoms with E-state index in [1.54, 1.807) is 11.3 Å². The lowest BCUT2D eigenvalue weighted by molar-refractivity contribution is 0.318. The molecule has 0 N–H and O–H groups in total.